The van der Waals surface area contributed by atoms with Gasteiger partial charge in [0.1, 0.15) is 0 Å². The van der Waals surface area contributed by atoms with Gasteiger partial charge in [0, 0.05) is 0 Å². The average Bonchev–Trinajstić information content (AvgIpc) is 2.26. The van der Waals surface area contributed by atoms with Crippen LogP contribution < -0.4 is 2.81 Å². The van der Waals surface area contributed by atoms with Gasteiger partial charge in [0.25, 0.3) is 10.1 Å². The Morgan fingerprint density at radius 1 is 1.16 bits per heavy atom. The first kappa shape index (κ1) is 18.1. The average molecular weight is 298 g/mol. The molecule has 19 heavy (non-hydrogen) atoms. The van der Waals surface area contributed by atoms with Crippen molar-refractivity contribution in [1.29, 1.82) is 0 Å². The molecular formula is C10H11NaO7S. The minimum absolute atomic E-state index is 1.16. The number of hydrogen-bond acceptors (Lipinski definition) is 4. The van der Waals surface area contributed by atoms with Crippen LogP contribution in [-0.2, 0) is 19.7 Å². The minimum atomic E-state index is -4.84. The molecule has 1 aromatic carbocycles. The summed E-state index contributed by atoms with van der Waals surface area (Å²) in [6.45, 7) is 0. The van der Waals surface area contributed by atoms with Crippen LogP contribution in [0.15, 0.2) is 30.3 Å². The van der Waals surface area contributed by atoms with Crippen LogP contribution in [0.3, 0.4) is 0 Å². The molecule has 0 aromatic heterocycles. The third-order valence-corrected chi connectivity index (χ3v) is 3.69. The molecule has 1 aromatic rings. The zero-order chi connectivity index (χ0) is 15.1. The van der Waals surface area contributed by atoms with Crippen LogP contribution in [-0.4, -0.2) is 68.3 Å². The maximum absolute atomic E-state index is 10.2. The molecule has 0 amide bonds. The van der Waals surface area contributed by atoms with E-state index in [1.165, 1.54) is 30.7 Å². The molecule has 0 aliphatic rings. The third kappa shape index (κ3) is 8.73. The van der Waals surface area contributed by atoms with Gasteiger partial charge in [-0.25, -0.2) is 0 Å². The van der Waals surface area contributed by atoms with Crippen LogP contribution in [0.2, 0.25) is 0 Å². The number of aliphatic carboxylic acids is 2. The van der Waals surface area contributed by atoms with Gasteiger partial charge in [-0.05, 0) is 0 Å². The van der Waals surface area contributed by atoms with Gasteiger partial charge in [-0.1, -0.05) is 0 Å². The van der Waals surface area contributed by atoms with E-state index in [1.54, 1.807) is 0 Å². The molecule has 0 fully saturated rings. The van der Waals surface area contributed by atoms with Crippen LogP contribution in [0, 0.1) is 0 Å². The van der Waals surface area contributed by atoms with Crippen molar-refractivity contribution in [2.75, 3.05) is 0 Å². The first-order valence-corrected chi connectivity index (χ1v) is 7.57. The summed E-state index contributed by atoms with van der Waals surface area (Å²) < 4.78 is 30.1. The van der Waals surface area contributed by atoms with Crippen molar-refractivity contribution in [1.82, 2.24) is 0 Å². The normalized spacial score (nSPS) is 11.9. The van der Waals surface area contributed by atoms with Crippen LogP contribution >= 0.6 is 0 Å². The van der Waals surface area contributed by atoms with Crippen molar-refractivity contribution in [3.05, 3.63) is 30.3 Å². The van der Waals surface area contributed by atoms with E-state index in [0.29, 0.717) is 0 Å². The summed E-state index contributed by atoms with van der Waals surface area (Å²) in [4.78, 5) is 20.0. The second-order valence-corrected chi connectivity index (χ2v) is 6.35. The fraction of sp³-hybridized carbons (Fsp3) is 0.200. The van der Waals surface area contributed by atoms with Gasteiger partial charge in [0.05, 0.1) is 6.42 Å². The Kier molecular flexibility index (Phi) is 7.88. The fourth-order valence-corrected chi connectivity index (χ4v) is 2.01. The summed E-state index contributed by atoms with van der Waals surface area (Å²) in [5.41, 5.74) is 0. The maximum atomic E-state index is 10.2. The Morgan fingerprint density at radius 2 is 1.63 bits per heavy atom. The van der Waals surface area contributed by atoms with E-state index in [2.05, 4.69) is 24.3 Å². The van der Waals surface area contributed by atoms with Crippen molar-refractivity contribution in [2.45, 2.75) is 11.7 Å². The summed E-state index contributed by atoms with van der Waals surface area (Å²) >= 11 is 1.17. The molecule has 100 valence electrons. The van der Waals surface area contributed by atoms with E-state index in [0.717, 1.165) is 0 Å². The first-order chi connectivity index (χ1) is 8.64. The van der Waals surface area contributed by atoms with E-state index in [1.807, 2.05) is 6.07 Å². The molecular weight excluding hydrogens is 287 g/mol. The van der Waals surface area contributed by atoms with Crippen LogP contribution in [0.4, 0.5) is 0 Å². The molecule has 3 N–H and O–H groups in total. The predicted molar refractivity (Wildman–Crippen MR) is 67.1 cm³/mol. The number of benzene rings is 1. The number of carbonyl (C=O) groups is 2. The van der Waals surface area contributed by atoms with Gasteiger partial charge < -0.3 is 10.2 Å². The molecule has 1 atom stereocenters. The quantitative estimate of drug-likeness (QED) is 0.494. The number of rotatable bonds is 4. The Hall–Kier alpha value is -0.930. The summed E-state index contributed by atoms with van der Waals surface area (Å²) in [5, 5.41) is 13.9. The molecule has 0 aliphatic heterocycles. The van der Waals surface area contributed by atoms with Gasteiger partial charge in [-0.2, -0.15) is 8.42 Å². The summed E-state index contributed by atoms with van der Waals surface area (Å²) in [6, 6.07) is 10.5. The van der Waals surface area contributed by atoms with Crippen LogP contribution in [0.5, 0.6) is 0 Å². The van der Waals surface area contributed by atoms with E-state index < -0.39 is 33.7 Å². The molecule has 9 heteroatoms. The second kappa shape index (κ2) is 8.28. The molecule has 1 unspecified atom stereocenters. The summed E-state index contributed by atoms with van der Waals surface area (Å²) in [7, 11) is -4.84. The van der Waals surface area contributed by atoms with Gasteiger partial charge in [-0.3, -0.25) is 14.1 Å². The Balaban J connectivity index is 0.000000388. The van der Waals surface area contributed by atoms with Gasteiger partial charge in [0.2, 0.25) is 0 Å². The van der Waals surface area contributed by atoms with Crippen molar-refractivity contribution >= 4 is 52.8 Å². The van der Waals surface area contributed by atoms with Gasteiger partial charge >= 0.3 is 73.0 Å². The Bertz CT molecular complexity index is 526. The van der Waals surface area contributed by atoms with Crippen molar-refractivity contribution in [3.63, 3.8) is 0 Å². The summed E-state index contributed by atoms with van der Waals surface area (Å²) in [6.07, 6.45) is -1.16. The zero-order valence-corrected chi connectivity index (χ0v) is 12.9. The molecule has 0 radical (unpaired) electrons. The molecule has 0 heterocycles. The standard InChI is InChI=1S/C6H5.C4H6O7S.Na/c1-2-4-6-5-3-1;5-3(6)1-2(4(7)8)12(9,10)11;/h1-5H;2H,1H2,(H,5,6)(H,7,8)(H,9,10,11);. The number of carboxylic acids is 2. The third-order valence-electron chi connectivity index (χ3n) is 1.94. The molecule has 0 aliphatic carbocycles. The van der Waals surface area contributed by atoms with E-state index in [4.69, 9.17) is 14.8 Å². The molecule has 7 nitrogen and oxygen atoms in total. The van der Waals surface area contributed by atoms with Crippen LogP contribution in [0.1, 0.15) is 6.42 Å². The van der Waals surface area contributed by atoms with E-state index >= 15 is 0 Å². The number of hydrogen-bond donors (Lipinski definition) is 3. The van der Waals surface area contributed by atoms with E-state index in [-0.39, 0.29) is 0 Å². The Morgan fingerprint density at radius 3 is 1.79 bits per heavy atom. The molecule has 0 spiro atoms. The first-order valence-electron chi connectivity index (χ1n) is 5.07. The second-order valence-electron chi connectivity index (χ2n) is 3.59. The molecule has 0 bridgehead atoms. The molecule has 0 saturated carbocycles. The topological polar surface area (TPSA) is 129 Å². The SMILES string of the molecule is O=C(O)CC(C(=O)O)S(=O)(=O)O.[Na][c]1ccccc1. The van der Waals surface area contributed by atoms with Crippen molar-refractivity contribution in [2.24, 2.45) is 0 Å². The van der Waals surface area contributed by atoms with Gasteiger partial charge in [0.15, 0.2) is 5.25 Å². The monoisotopic (exact) mass is 298 g/mol. The van der Waals surface area contributed by atoms with E-state index in [9.17, 15) is 18.0 Å². The van der Waals surface area contributed by atoms with Gasteiger partial charge in [-0.15, -0.1) is 0 Å². The fourth-order valence-electron chi connectivity index (χ4n) is 1.01. The Labute approximate surface area is 127 Å². The zero-order valence-electron chi connectivity index (χ0n) is 10.1. The predicted octanol–water partition coefficient (Wildman–Crippen LogP) is -0.717. The van der Waals surface area contributed by atoms with Crippen molar-refractivity contribution in [3.8, 4) is 0 Å². The summed E-state index contributed by atoms with van der Waals surface area (Å²) in [5.74, 6) is -3.50. The van der Waals surface area contributed by atoms with Crippen molar-refractivity contribution < 1.29 is 32.8 Å². The van der Waals surface area contributed by atoms with Crippen LogP contribution in [0.25, 0.3) is 0 Å². The molecule has 1 rings (SSSR count). The molecule has 0 saturated heterocycles. The number of carboxylic acid groups (broad SMARTS) is 2.